The predicted octanol–water partition coefficient (Wildman–Crippen LogP) is 3.25. The summed E-state index contributed by atoms with van der Waals surface area (Å²) in [6.45, 7) is 0.731. The number of carbonyl (C=O) groups is 1. The van der Waals surface area contributed by atoms with Crippen LogP contribution in [0.4, 0.5) is 5.69 Å². The molecule has 2 aliphatic heterocycles. The lowest BCUT2D eigenvalue weighted by Gasteiger charge is -2.29. The van der Waals surface area contributed by atoms with Gasteiger partial charge in [-0.2, -0.15) is 10.2 Å². The van der Waals surface area contributed by atoms with Crippen molar-refractivity contribution in [3.8, 4) is 12.3 Å². The monoisotopic (exact) mass is 338 g/mol. The fourth-order valence-electron chi connectivity index (χ4n) is 3.48. The first-order chi connectivity index (χ1) is 12.0. The third kappa shape index (κ3) is 4.08. The minimum Gasteiger partial charge on any atom is -0.311 e. The molecule has 0 aliphatic carbocycles. The number of rotatable bonds is 6. The number of amides is 1. The molecule has 0 N–H and O–H groups in total. The van der Waals surface area contributed by atoms with Gasteiger partial charge in [0.05, 0.1) is 0 Å². The van der Waals surface area contributed by atoms with Gasteiger partial charge in [-0.05, 0) is 38.6 Å². The summed E-state index contributed by atoms with van der Waals surface area (Å²) in [5.74, 6) is 2.78. The molecule has 1 aromatic rings. The van der Waals surface area contributed by atoms with Crippen molar-refractivity contribution in [3.63, 3.8) is 0 Å². The van der Waals surface area contributed by atoms with Gasteiger partial charge in [0.25, 0.3) is 0 Å². The molecule has 132 valence electrons. The third-order valence-electron chi connectivity index (χ3n) is 5.25. The van der Waals surface area contributed by atoms with Crippen LogP contribution < -0.4 is 4.90 Å². The minimum absolute atomic E-state index is 0.151. The number of terminal acetylenes is 1. The van der Waals surface area contributed by atoms with Crippen LogP contribution in [-0.2, 0) is 11.2 Å². The topological polar surface area (TPSA) is 48.3 Å². The second-order valence-electron chi connectivity index (χ2n) is 7.18. The van der Waals surface area contributed by atoms with Gasteiger partial charge in [0.2, 0.25) is 5.91 Å². The van der Waals surface area contributed by atoms with E-state index < -0.39 is 5.66 Å². The van der Waals surface area contributed by atoms with Gasteiger partial charge >= 0.3 is 0 Å². The summed E-state index contributed by atoms with van der Waals surface area (Å²) >= 11 is 0. The van der Waals surface area contributed by atoms with Gasteiger partial charge in [0.1, 0.15) is 0 Å². The van der Waals surface area contributed by atoms with Crippen molar-refractivity contribution in [1.82, 2.24) is 4.90 Å². The molecule has 1 amide bonds. The Balaban J connectivity index is 1.71. The smallest absolute Gasteiger partial charge is 0.227 e. The van der Waals surface area contributed by atoms with Crippen LogP contribution in [0.3, 0.4) is 0 Å². The fourth-order valence-corrected chi connectivity index (χ4v) is 3.48. The van der Waals surface area contributed by atoms with E-state index in [1.165, 1.54) is 5.56 Å². The van der Waals surface area contributed by atoms with E-state index in [-0.39, 0.29) is 5.91 Å². The first-order valence-corrected chi connectivity index (χ1v) is 8.97. The standard InChI is InChI=1S/C20H26N4O/c1-4-5-13-20(21-22-20)14-12-19(25)24-15-17(23(2)3)11-10-16-8-6-7-9-18(16)24/h1,6-9,17H,5,10-15H2,2-3H3. The largest absolute Gasteiger partial charge is 0.311 e. The number of hydrogen-bond acceptors (Lipinski definition) is 4. The third-order valence-corrected chi connectivity index (χ3v) is 5.25. The van der Waals surface area contributed by atoms with Crippen molar-refractivity contribution >= 4 is 11.6 Å². The van der Waals surface area contributed by atoms with E-state index in [4.69, 9.17) is 6.42 Å². The van der Waals surface area contributed by atoms with E-state index >= 15 is 0 Å². The van der Waals surface area contributed by atoms with Crippen molar-refractivity contribution in [2.45, 2.75) is 50.2 Å². The molecule has 25 heavy (non-hydrogen) atoms. The molecule has 0 fully saturated rings. The van der Waals surface area contributed by atoms with E-state index in [9.17, 15) is 4.79 Å². The van der Waals surface area contributed by atoms with Crippen molar-refractivity contribution in [1.29, 1.82) is 0 Å². The van der Waals surface area contributed by atoms with Crippen molar-refractivity contribution < 1.29 is 4.79 Å². The summed E-state index contributed by atoms with van der Waals surface area (Å²) < 4.78 is 0. The van der Waals surface area contributed by atoms with Gasteiger partial charge < -0.3 is 9.80 Å². The average molecular weight is 338 g/mol. The number of para-hydroxylation sites is 1. The van der Waals surface area contributed by atoms with Gasteiger partial charge in [-0.25, -0.2) is 0 Å². The van der Waals surface area contributed by atoms with Crippen LogP contribution in [-0.4, -0.2) is 43.2 Å². The maximum atomic E-state index is 13.0. The van der Waals surface area contributed by atoms with Crippen LogP contribution in [0.5, 0.6) is 0 Å². The lowest BCUT2D eigenvalue weighted by Crippen LogP contribution is -2.42. The molecule has 5 nitrogen and oxygen atoms in total. The lowest BCUT2D eigenvalue weighted by atomic mass is 10.0. The van der Waals surface area contributed by atoms with Crippen LogP contribution in [0.2, 0.25) is 0 Å². The average Bonchev–Trinajstić information content (AvgIpc) is 3.41. The zero-order valence-electron chi connectivity index (χ0n) is 15.1. The molecule has 5 heteroatoms. The SMILES string of the molecule is C#CCCC1(CCC(=O)N2CC(N(C)C)CCc3ccccc32)N=N1. The summed E-state index contributed by atoms with van der Waals surface area (Å²) in [4.78, 5) is 17.2. The summed E-state index contributed by atoms with van der Waals surface area (Å²) in [5.41, 5.74) is 1.91. The Morgan fingerprint density at radius 2 is 2.12 bits per heavy atom. The van der Waals surface area contributed by atoms with E-state index in [0.29, 0.717) is 25.3 Å². The number of benzene rings is 1. The summed E-state index contributed by atoms with van der Waals surface area (Å²) in [7, 11) is 4.17. The van der Waals surface area contributed by atoms with Gasteiger partial charge in [-0.15, -0.1) is 12.3 Å². The van der Waals surface area contributed by atoms with Crippen LogP contribution in [0, 0.1) is 12.3 Å². The Bertz CT molecular complexity index is 698. The molecule has 3 rings (SSSR count). The number of fused-ring (bicyclic) bond motifs is 1. The van der Waals surface area contributed by atoms with E-state index in [1.807, 2.05) is 17.0 Å². The number of nitrogens with zero attached hydrogens (tertiary/aromatic N) is 4. The number of aryl methyl sites for hydroxylation is 1. The second kappa shape index (κ2) is 7.37. The Kier molecular flexibility index (Phi) is 5.19. The quantitative estimate of drug-likeness (QED) is 0.748. The molecule has 0 radical (unpaired) electrons. The summed E-state index contributed by atoms with van der Waals surface area (Å²) in [6, 6.07) is 8.62. The Hall–Kier alpha value is -2.19. The summed E-state index contributed by atoms with van der Waals surface area (Å²) in [5, 5.41) is 8.29. The molecule has 0 saturated heterocycles. The molecule has 2 aliphatic rings. The normalized spacial score (nSPS) is 20.7. The molecule has 0 spiro atoms. The molecule has 1 atom stereocenters. The molecular formula is C20H26N4O. The number of hydrogen-bond donors (Lipinski definition) is 0. The molecular weight excluding hydrogens is 312 g/mol. The van der Waals surface area contributed by atoms with Crippen LogP contribution in [0.25, 0.3) is 0 Å². The van der Waals surface area contributed by atoms with Gasteiger partial charge in [0.15, 0.2) is 5.66 Å². The minimum atomic E-state index is -0.394. The second-order valence-corrected chi connectivity index (χ2v) is 7.18. The molecule has 0 saturated carbocycles. The highest BCUT2D eigenvalue weighted by Gasteiger charge is 2.40. The predicted molar refractivity (Wildman–Crippen MR) is 99.5 cm³/mol. The van der Waals surface area contributed by atoms with Crippen molar-refractivity contribution in [2.24, 2.45) is 10.2 Å². The molecule has 1 unspecified atom stereocenters. The summed E-state index contributed by atoms with van der Waals surface area (Å²) in [6.07, 6.45) is 9.89. The van der Waals surface area contributed by atoms with E-state index in [0.717, 1.165) is 31.5 Å². The van der Waals surface area contributed by atoms with Gasteiger partial charge in [-0.3, -0.25) is 4.79 Å². The maximum absolute atomic E-state index is 13.0. The maximum Gasteiger partial charge on any atom is 0.227 e. The first kappa shape index (κ1) is 17.6. The van der Waals surface area contributed by atoms with E-state index in [1.54, 1.807) is 0 Å². The van der Waals surface area contributed by atoms with Crippen LogP contribution in [0.15, 0.2) is 34.5 Å². The molecule has 1 aromatic carbocycles. The van der Waals surface area contributed by atoms with Crippen molar-refractivity contribution in [2.75, 3.05) is 25.5 Å². The number of carbonyl (C=O) groups excluding carboxylic acids is 1. The Morgan fingerprint density at radius 1 is 1.36 bits per heavy atom. The fraction of sp³-hybridized carbons (Fsp3) is 0.550. The van der Waals surface area contributed by atoms with E-state index in [2.05, 4.69) is 47.3 Å². The zero-order valence-corrected chi connectivity index (χ0v) is 15.1. The Labute approximate surface area is 150 Å². The highest BCUT2D eigenvalue weighted by Crippen LogP contribution is 2.38. The van der Waals surface area contributed by atoms with Crippen LogP contribution in [0.1, 0.15) is 37.7 Å². The molecule has 0 aromatic heterocycles. The number of likely N-dealkylation sites (N-methyl/N-ethyl adjacent to an activating group) is 1. The Morgan fingerprint density at radius 3 is 2.80 bits per heavy atom. The van der Waals surface area contributed by atoms with Crippen molar-refractivity contribution in [3.05, 3.63) is 29.8 Å². The zero-order chi connectivity index (χ0) is 17.9. The lowest BCUT2D eigenvalue weighted by molar-refractivity contribution is -0.119. The molecule has 0 bridgehead atoms. The number of anilines is 1. The van der Waals surface area contributed by atoms with Gasteiger partial charge in [0, 0.05) is 44.0 Å². The highest BCUT2D eigenvalue weighted by atomic mass is 16.2. The first-order valence-electron chi connectivity index (χ1n) is 8.97. The molecule has 2 heterocycles. The highest BCUT2D eigenvalue weighted by molar-refractivity contribution is 5.94. The van der Waals surface area contributed by atoms with Gasteiger partial charge in [-0.1, -0.05) is 18.2 Å². The van der Waals surface area contributed by atoms with Crippen LogP contribution >= 0.6 is 0 Å².